The summed E-state index contributed by atoms with van der Waals surface area (Å²) in [5, 5.41) is 13.1. The van der Waals surface area contributed by atoms with E-state index in [-0.39, 0.29) is 5.75 Å². The number of carboxylic acid groups (broad SMARTS) is 1. The van der Waals surface area contributed by atoms with Crippen molar-refractivity contribution < 1.29 is 18.3 Å². The molecular weight excluding hydrogens is 256 g/mol. The topological polar surface area (TPSA) is 89.3 Å². The van der Waals surface area contributed by atoms with Crippen LogP contribution in [0.4, 0.5) is 0 Å². The Bertz CT molecular complexity index is 558. The highest BCUT2D eigenvalue weighted by atomic mass is 32.2. The summed E-state index contributed by atoms with van der Waals surface area (Å²) in [4.78, 5) is 11.0. The van der Waals surface area contributed by atoms with Crippen LogP contribution in [0.15, 0.2) is 6.07 Å². The Balaban J connectivity index is 3.14. The lowest BCUT2D eigenvalue weighted by Gasteiger charge is -2.19. The van der Waals surface area contributed by atoms with Crippen LogP contribution in [-0.2, 0) is 26.9 Å². The van der Waals surface area contributed by atoms with Crippen LogP contribution in [0.3, 0.4) is 0 Å². The monoisotopic (exact) mass is 274 g/mol. The average Bonchev–Trinajstić information content (AvgIpc) is 2.57. The number of rotatable bonds is 5. The predicted molar refractivity (Wildman–Crippen MR) is 67.0 cm³/mol. The molecule has 1 aromatic rings. The van der Waals surface area contributed by atoms with Gasteiger partial charge in [0, 0.05) is 6.54 Å². The molecule has 102 valence electrons. The number of aromatic nitrogens is 2. The van der Waals surface area contributed by atoms with Gasteiger partial charge >= 0.3 is 5.97 Å². The number of hydrogen-bond donors (Lipinski definition) is 1. The SMILES string of the molecule is CCn1nc(C)cc1CS(=O)(=O)C(C)(C)C(=O)O. The maximum absolute atomic E-state index is 12.1. The highest BCUT2D eigenvalue weighted by Gasteiger charge is 2.42. The van der Waals surface area contributed by atoms with Crippen LogP contribution >= 0.6 is 0 Å². The molecule has 18 heavy (non-hydrogen) atoms. The lowest BCUT2D eigenvalue weighted by Crippen LogP contribution is -2.41. The van der Waals surface area contributed by atoms with Gasteiger partial charge < -0.3 is 5.11 Å². The van der Waals surface area contributed by atoms with E-state index < -0.39 is 20.6 Å². The first-order valence-corrected chi connectivity index (χ1v) is 7.26. The first kappa shape index (κ1) is 14.7. The molecule has 0 aliphatic carbocycles. The van der Waals surface area contributed by atoms with Gasteiger partial charge in [0.2, 0.25) is 0 Å². The van der Waals surface area contributed by atoms with Crippen molar-refractivity contribution in [2.24, 2.45) is 0 Å². The Labute approximate surface area is 107 Å². The molecule has 6 nitrogen and oxygen atoms in total. The third kappa shape index (κ3) is 2.55. The lowest BCUT2D eigenvalue weighted by atomic mass is 10.2. The van der Waals surface area contributed by atoms with Crippen molar-refractivity contribution in [1.29, 1.82) is 0 Å². The van der Waals surface area contributed by atoms with Gasteiger partial charge in [0.1, 0.15) is 0 Å². The number of carboxylic acids is 1. The van der Waals surface area contributed by atoms with E-state index >= 15 is 0 Å². The number of sulfone groups is 1. The quantitative estimate of drug-likeness (QED) is 0.864. The summed E-state index contributed by atoms with van der Waals surface area (Å²) in [6.45, 7) is 6.57. The fraction of sp³-hybridized carbons (Fsp3) is 0.636. The average molecular weight is 274 g/mol. The van der Waals surface area contributed by atoms with Gasteiger partial charge in [-0.25, -0.2) is 8.42 Å². The molecule has 0 saturated carbocycles. The number of aryl methyl sites for hydroxylation is 2. The third-order valence-electron chi connectivity index (χ3n) is 2.92. The van der Waals surface area contributed by atoms with Crippen LogP contribution in [0.25, 0.3) is 0 Å². The molecule has 0 fully saturated rings. The number of carbonyl (C=O) groups is 1. The predicted octanol–water partition coefficient (Wildman–Crippen LogP) is 0.989. The summed E-state index contributed by atoms with van der Waals surface area (Å²) in [5.74, 6) is -1.66. The zero-order chi connectivity index (χ0) is 14.1. The standard InChI is InChI=1S/C11H18N2O4S/c1-5-13-9(6-8(2)12-13)7-18(16,17)11(3,4)10(14)15/h6H,5,7H2,1-4H3,(H,14,15). The Kier molecular flexibility index (Phi) is 3.85. The molecular formula is C11H18N2O4S. The summed E-state index contributed by atoms with van der Waals surface area (Å²) in [6.07, 6.45) is 0. The van der Waals surface area contributed by atoms with Gasteiger partial charge in [0.05, 0.1) is 17.1 Å². The van der Waals surface area contributed by atoms with E-state index in [1.807, 2.05) is 6.92 Å². The van der Waals surface area contributed by atoms with E-state index in [9.17, 15) is 13.2 Å². The van der Waals surface area contributed by atoms with Crippen LogP contribution in [0.2, 0.25) is 0 Å². The van der Waals surface area contributed by atoms with Crippen LogP contribution in [0, 0.1) is 6.92 Å². The van der Waals surface area contributed by atoms with Crippen molar-refractivity contribution in [3.63, 3.8) is 0 Å². The minimum Gasteiger partial charge on any atom is -0.480 e. The Hall–Kier alpha value is -1.37. The van der Waals surface area contributed by atoms with Gasteiger partial charge in [-0.1, -0.05) is 0 Å². The minimum atomic E-state index is -3.79. The van der Waals surface area contributed by atoms with Crippen molar-refractivity contribution in [2.75, 3.05) is 0 Å². The third-order valence-corrected chi connectivity index (χ3v) is 5.32. The van der Waals surface area contributed by atoms with Gasteiger partial charge in [-0.15, -0.1) is 0 Å². The van der Waals surface area contributed by atoms with Crippen LogP contribution in [-0.4, -0.2) is 34.0 Å². The van der Waals surface area contributed by atoms with E-state index in [4.69, 9.17) is 5.11 Å². The van der Waals surface area contributed by atoms with E-state index in [1.165, 1.54) is 13.8 Å². The van der Waals surface area contributed by atoms with E-state index in [2.05, 4.69) is 5.10 Å². The molecule has 1 heterocycles. The van der Waals surface area contributed by atoms with Gasteiger partial charge in [-0.2, -0.15) is 5.10 Å². The first-order chi connectivity index (χ1) is 8.11. The Morgan fingerprint density at radius 2 is 2.06 bits per heavy atom. The van der Waals surface area contributed by atoms with Crippen molar-refractivity contribution >= 4 is 15.8 Å². The Morgan fingerprint density at radius 3 is 2.50 bits per heavy atom. The number of hydrogen-bond acceptors (Lipinski definition) is 4. The van der Waals surface area contributed by atoms with Crippen molar-refractivity contribution in [2.45, 2.75) is 44.7 Å². The zero-order valence-electron chi connectivity index (χ0n) is 11.0. The number of nitrogens with zero attached hydrogens (tertiary/aromatic N) is 2. The van der Waals surface area contributed by atoms with Crippen molar-refractivity contribution in [3.8, 4) is 0 Å². The first-order valence-electron chi connectivity index (χ1n) is 5.61. The summed E-state index contributed by atoms with van der Waals surface area (Å²) in [5.41, 5.74) is 1.24. The second-order valence-corrected chi connectivity index (χ2v) is 7.21. The highest BCUT2D eigenvalue weighted by Crippen LogP contribution is 2.22. The van der Waals surface area contributed by atoms with Gasteiger partial charge in [0.25, 0.3) is 0 Å². The van der Waals surface area contributed by atoms with E-state index in [0.717, 1.165) is 5.69 Å². The minimum absolute atomic E-state index is 0.318. The molecule has 7 heteroatoms. The molecule has 0 aromatic carbocycles. The fourth-order valence-corrected chi connectivity index (χ4v) is 2.75. The molecule has 0 bridgehead atoms. The summed E-state index contributed by atoms with van der Waals surface area (Å²) >= 11 is 0. The molecule has 0 radical (unpaired) electrons. The zero-order valence-corrected chi connectivity index (χ0v) is 11.8. The van der Waals surface area contributed by atoms with Gasteiger partial charge in [0.15, 0.2) is 14.6 Å². The van der Waals surface area contributed by atoms with Crippen LogP contribution < -0.4 is 0 Å². The molecule has 1 rings (SSSR count). The van der Waals surface area contributed by atoms with Crippen molar-refractivity contribution in [3.05, 3.63) is 17.5 Å². The molecule has 0 aliphatic rings. The smallest absolute Gasteiger partial charge is 0.324 e. The maximum atomic E-state index is 12.1. The summed E-state index contributed by atoms with van der Waals surface area (Å²) < 4.78 is 24.0. The molecule has 0 saturated heterocycles. The van der Waals surface area contributed by atoms with Gasteiger partial charge in [-0.05, 0) is 33.8 Å². The normalized spacial score (nSPS) is 12.7. The second kappa shape index (κ2) is 4.72. The van der Waals surface area contributed by atoms with E-state index in [1.54, 1.807) is 17.7 Å². The summed E-state index contributed by atoms with van der Waals surface area (Å²) in [6, 6.07) is 1.67. The van der Waals surface area contributed by atoms with Gasteiger partial charge in [-0.3, -0.25) is 9.48 Å². The Morgan fingerprint density at radius 1 is 1.50 bits per heavy atom. The molecule has 1 N–H and O–H groups in total. The fourth-order valence-electron chi connectivity index (χ4n) is 1.50. The molecule has 0 unspecified atom stereocenters. The molecule has 0 atom stereocenters. The number of aliphatic carboxylic acids is 1. The maximum Gasteiger partial charge on any atom is 0.324 e. The van der Waals surface area contributed by atoms with Crippen molar-refractivity contribution in [1.82, 2.24) is 9.78 Å². The highest BCUT2D eigenvalue weighted by molar-refractivity contribution is 7.92. The van der Waals surface area contributed by atoms with Crippen LogP contribution in [0.1, 0.15) is 32.2 Å². The molecule has 0 amide bonds. The lowest BCUT2D eigenvalue weighted by molar-refractivity contribution is -0.139. The summed E-state index contributed by atoms with van der Waals surface area (Å²) in [7, 11) is -3.79. The second-order valence-electron chi connectivity index (χ2n) is 4.67. The van der Waals surface area contributed by atoms with Crippen LogP contribution in [0.5, 0.6) is 0 Å². The molecule has 0 aliphatic heterocycles. The molecule has 1 aromatic heterocycles. The largest absolute Gasteiger partial charge is 0.480 e. The molecule has 0 spiro atoms. The van der Waals surface area contributed by atoms with E-state index in [0.29, 0.717) is 12.2 Å².